The van der Waals surface area contributed by atoms with Crippen molar-refractivity contribution in [1.29, 1.82) is 0 Å². The molecule has 2 nitrogen and oxygen atoms in total. The second-order valence-electron chi connectivity index (χ2n) is 4.07. The van der Waals surface area contributed by atoms with Gasteiger partial charge in [0.15, 0.2) is 0 Å². The number of carbonyl (C=O) groups is 1. The van der Waals surface area contributed by atoms with Gasteiger partial charge in [-0.1, -0.05) is 6.92 Å². The van der Waals surface area contributed by atoms with Crippen LogP contribution in [0.25, 0.3) is 0 Å². The van der Waals surface area contributed by atoms with Crippen LogP contribution in [-0.4, -0.2) is 12.5 Å². The molecule has 0 spiro atoms. The summed E-state index contributed by atoms with van der Waals surface area (Å²) in [4.78, 5) is 12.8. The highest BCUT2D eigenvalue weighted by atomic mass is 79.9. The van der Waals surface area contributed by atoms with Crippen LogP contribution in [0.15, 0.2) is 15.9 Å². The van der Waals surface area contributed by atoms with Crippen molar-refractivity contribution in [3.8, 4) is 0 Å². The van der Waals surface area contributed by atoms with Crippen LogP contribution in [-0.2, 0) is 11.2 Å². The quantitative estimate of drug-likeness (QED) is 0.907. The fraction of sp³-hybridized carbons (Fsp3) is 0.545. The molecule has 4 heteroatoms. The van der Waals surface area contributed by atoms with E-state index in [-0.39, 0.29) is 5.91 Å². The predicted octanol–water partition coefficient (Wildman–Crippen LogP) is 2.83. The zero-order chi connectivity index (χ0) is 10.8. The minimum atomic E-state index is 0.234. The molecule has 2 atom stereocenters. The highest BCUT2D eigenvalue weighted by molar-refractivity contribution is 9.11. The second-order valence-corrected chi connectivity index (χ2v) is 6.61. The SMILES string of the molecule is CC1CC1C(=O)NCCc1ccc(Br)s1. The maximum atomic E-state index is 11.5. The average Bonchev–Trinajstić information content (AvgIpc) is 2.78. The molecule has 1 N–H and O–H groups in total. The lowest BCUT2D eigenvalue weighted by Gasteiger charge is -2.02. The van der Waals surface area contributed by atoms with E-state index in [1.807, 2.05) is 6.07 Å². The number of halogens is 1. The van der Waals surface area contributed by atoms with E-state index in [0.29, 0.717) is 11.8 Å². The van der Waals surface area contributed by atoms with Gasteiger partial charge in [0.1, 0.15) is 0 Å². The Kier molecular flexibility index (Phi) is 3.46. The summed E-state index contributed by atoms with van der Waals surface area (Å²) in [6, 6.07) is 4.14. The van der Waals surface area contributed by atoms with E-state index in [1.165, 1.54) is 4.88 Å². The zero-order valence-electron chi connectivity index (χ0n) is 8.63. The molecule has 1 aliphatic rings. The van der Waals surface area contributed by atoms with E-state index in [0.717, 1.165) is 23.2 Å². The van der Waals surface area contributed by atoms with Crippen molar-refractivity contribution in [3.63, 3.8) is 0 Å². The maximum absolute atomic E-state index is 11.5. The smallest absolute Gasteiger partial charge is 0.223 e. The van der Waals surface area contributed by atoms with Crippen LogP contribution in [0.5, 0.6) is 0 Å². The number of nitrogens with one attached hydrogen (secondary N) is 1. The third-order valence-electron chi connectivity index (χ3n) is 2.75. The number of hydrogen-bond donors (Lipinski definition) is 1. The molecule has 1 saturated carbocycles. The van der Waals surface area contributed by atoms with Gasteiger partial charge in [-0.3, -0.25) is 4.79 Å². The van der Waals surface area contributed by atoms with E-state index in [2.05, 4.69) is 34.2 Å². The average molecular weight is 288 g/mol. The predicted molar refractivity (Wildman–Crippen MR) is 66.0 cm³/mol. The number of carbonyl (C=O) groups excluding carboxylic acids is 1. The Labute approximate surface area is 102 Å². The molecule has 1 aliphatic carbocycles. The third kappa shape index (κ3) is 3.05. The van der Waals surface area contributed by atoms with Gasteiger partial charge >= 0.3 is 0 Å². The first kappa shape index (κ1) is 11.1. The molecule has 0 aliphatic heterocycles. The highest BCUT2D eigenvalue weighted by Crippen LogP contribution is 2.37. The van der Waals surface area contributed by atoms with E-state index in [4.69, 9.17) is 0 Å². The molecule has 1 aromatic heterocycles. The lowest BCUT2D eigenvalue weighted by atomic mass is 10.3. The fourth-order valence-electron chi connectivity index (χ4n) is 1.61. The Hall–Kier alpha value is -0.350. The number of amides is 1. The van der Waals surface area contributed by atoms with Gasteiger partial charge in [0.2, 0.25) is 5.91 Å². The molecule has 15 heavy (non-hydrogen) atoms. The lowest BCUT2D eigenvalue weighted by Crippen LogP contribution is -2.27. The molecular weight excluding hydrogens is 274 g/mol. The third-order valence-corrected chi connectivity index (χ3v) is 4.43. The topological polar surface area (TPSA) is 29.1 Å². The lowest BCUT2D eigenvalue weighted by molar-refractivity contribution is -0.122. The van der Waals surface area contributed by atoms with Crippen molar-refractivity contribution in [2.75, 3.05) is 6.54 Å². The Bertz CT molecular complexity index is 363. The van der Waals surface area contributed by atoms with Crippen molar-refractivity contribution >= 4 is 33.2 Å². The Morgan fingerprint density at radius 2 is 2.40 bits per heavy atom. The van der Waals surface area contributed by atoms with Crippen molar-refractivity contribution in [2.45, 2.75) is 19.8 Å². The molecule has 1 fully saturated rings. The van der Waals surface area contributed by atoms with Crippen molar-refractivity contribution in [2.24, 2.45) is 11.8 Å². The molecule has 0 saturated heterocycles. The van der Waals surface area contributed by atoms with Crippen LogP contribution < -0.4 is 5.32 Å². The summed E-state index contributed by atoms with van der Waals surface area (Å²) in [6.07, 6.45) is 2.00. The summed E-state index contributed by atoms with van der Waals surface area (Å²) < 4.78 is 1.15. The van der Waals surface area contributed by atoms with Gasteiger partial charge in [-0.2, -0.15) is 0 Å². The number of hydrogen-bond acceptors (Lipinski definition) is 2. The zero-order valence-corrected chi connectivity index (χ0v) is 11.0. The van der Waals surface area contributed by atoms with Crippen molar-refractivity contribution in [1.82, 2.24) is 5.32 Å². The molecule has 2 unspecified atom stereocenters. The summed E-state index contributed by atoms with van der Waals surface area (Å²) in [5.41, 5.74) is 0. The Morgan fingerprint density at radius 3 is 2.93 bits per heavy atom. The van der Waals surface area contributed by atoms with Crippen LogP contribution >= 0.6 is 27.3 Å². The second kappa shape index (κ2) is 4.66. The van der Waals surface area contributed by atoms with Gasteiger partial charge < -0.3 is 5.32 Å². The molecule has 0 bridgehead atoms. The molecule has 1 aromatic rings. The Morgan fingerprint density at radius 1 is 1.67 bits per heavy atom. The van der Waals surface area contributed by atoms with Gasteiger partial charge in [-0.25, -0.2) is 0 Å². The van der Waals surface area contributed by atoms with Crippen molar-refractivity contribution < 1.29 is 4.79 Å². The first-order valence-corrected chi connectivity index (χ1v) is 6.79. The summed E-state index contributed by atoms with van der Waals surface area (Å²) in [6.45, 7) is 2.88. The summed E-state index contributed by atoms with van der Waals surface area (Å²) >= 11 is 5.15. The molecule has 2 rings (SSSR count). The van der Waals surface area contributed by atoms with Crippen LogP contribution in [0.1, 0.15) is 18.2 Å². The standard InChI is InChI=1S/C11H14BrNOS/c1-7-6-9(7)11(14)13-5-4-8-2-3-10(12)15-8/h2-3,7,9H,4-6H2,1H3,(H,13,14). The van der Waals surface area contributed by atoms with Gasteiger partial charge in [0.05, 0.1) is 3.79 Å². The molecule has 0 aromatic carbocycles. The minimum Gasteiger partial charge on any atom is -0.355 e. The van der Waals surface area contributed by atoms with Crippen LogP contribution in [0, 0.1) is 11.8 Å². The van der Waals surface area contributed by atoms with Crippen molar-refractivity contribution in [3.05, 3.63) is 20.8 Å². The fourth-order valence-corrected chi connectivity index (χ4v) is 3.10. The normalized spacial score (nSPS) is 23.9. The molecule has 1 heterocycles. The number of rotatable bonds is 4. The van der Waals surface area contributed by atoms with Crippen LogP contribution in [0.2, 0.25) is 0 Å². The minimum absolute atomic E-state index is 0.234. The largest absolute Gasteiger partial charge is 0.355 e. The van der Waals surface area contributed by atoms with Gasteiger partial charge in [0, 0.05) is 17.3 Å². The highest BCUT2D eigenvalue weighted by Gasteiger charge is 2.38. The monoisotopic (exact) mass is 287 g/mol. The molecule has 1 amide bonds. The van der Waals surface area contributed by atoms with Gasteiger partial charge in [-0.05, 0) is 46.8 Å². The summed E-state index contributed by atoms with van der Waals surface area (Å²) in [7, 11) is 0. The van der Waals surface area contributed by atoms with E-state index in [9.17, 15) is 4.79 Å². The summed E-state index contributed by atoms with van der Waals surface area (Å²) in [5, 5.41) is 2.99. The van der Waals surface area contributed by atoms with Crippen LogP contribution in [0.3, 0.4) is 0 Å². The van der Waals surface area contributed by atoms with Crippen LogP contribution in [0.4, 0.5) is 0 Å². The first-order valence-electron chi connectivity index (χ1n) is 5.19. The Balaban J connectivity index is 1.68. The maximum Gasteiger partial charge on any atom is 0.223 e. The molecule has 0 radical (unpaired) electrons. The van der Waals surface area contributed by atoms with E-state index in [1.54, 1.807) is 11.3 Å². The van der Waals surface area contributed by atoms with Gasteiger partial charge in [0.25, 0.3) is 0 Å². The number of thiophene rings is 1. The summed E-state index contributed by atoms with van der Waals surface area (Å²) in [5.74, 6) is 1.12. The molecule has 82 valence electrons. The first-order chi connectivity index (χ1) is 7.16. The van der Waals surface area contributed by atoms with E-state index >= 15 is 0 Å². The van der Waals surface area contributed by atoms with Gasteiger partial charge in [-0.15, -0.1) is 11.3 Å². The van der Waals surface area contributed by atoms with E-state index < -0.39 is 0 Å². The molecular formula is C11H14BrNOS.